The maximum absolute atomic E-state index is 4.41. The molecule has 1 saturated heterocycles. The van der Waals surface area contributed by atoms with Gasteiger partial charge in [0.1, 0.15) is 0 Å². The summed E-state index contributed by atoms with van der Waals surface area (Å²) in [6.45, 7) is 11.0. The van der Waals surface area contributed by atoms with E-state index < -0.39 is 0 Å². The highest BCUT2D eigenvalue weighted by Gasteiger charge is 2.32. The molecule has 2 heterocycles. The van der Waals surface area contributed by atoms with E-state index in [-0.39, 0.29) is 11.6 Å². The van der Waals surface area contributed by atoms with E-state index in [0.29, 0.717) is 0 Å². The molecule has 5 heteroatoms. The van der Waals surface area contributed by atoms with Crippen molar-refractivity contribution in [1.82, 2.24) is 25.1 Å². The topological polar surface area (TPSA) is 46.8 Å². The second kappa shape index (κ2) is 6.40. The number of likely N-dealkylation sites (tertiary alicyclic amines) is 1. The van der Waals surface area contributed by atoms with Crippen molar-refractivity contribution in [3.63, 3.8) is 0 Å². The van der Waals surface area contributed by atoms with Gasteiger partial charge in [0.2, 0.25) is 0 Å². The number of aromatic nitrogens is 4. The van der Waals surface area contributed by atoms with Crippen LogP contribution in [0.3, 0.4) is 0 Å². The third-order valence-electron chi connectivity index (χ3n) is 4.67. The SMILES string of the molecule is CC1CCN([C@@H](c2ccccc2)c2nnnn2C(C)(C)C)CC1. The van der Waals surface area contributed by atoms with Crippen LogP contribution in [0.25, 0.3) is 0 Å². The molecule has 0 amide bonds. The molecule has 1 aliphatic heterocycles. The first-order valence-electron chi connectivity index (χ1n) is 8.54. The molecule has 0 saturated carbocycles. The molecule has 0 aliphatic carbocycles. The molecule has 2 aromatic rings. The van der Waals surface area contributed by atoms with Crippen LogP contribution in [0.1, 0.15) is 58.0 Å². The highest BCUT2D eigenvalue weighted by atomic mass is 15.6. The molecule has 0 bridgehead atoms. The zero-order valence-electron chi connectivity index (χ0n) is 14.6. The Bertz CT molecular complexity index is 620. The van der Waals surface area contributed by atoms with E-state index in [1.165, 1.54) is 18.4 Å². The monoisotopic (exact) mass is 313 g/mol. The van der Waals surface area contributed by atoms with Crippen LogP contribution >= 0.6 is 0 Å². The van der Waals surface area contributed by atoms with Gasteiger partial charge in [-0.1, -0.05) is 37.3 Å². The van der Waals surface area contributed by atoms with Crippen LogP contribution in [-0.2, 0) is 5.54 Å². The van der Waals surface area contributed by atoms with E-state index >= 15 is 0 Å². The molecule has 0 radical (unpaired) electrons. The Balaban J connectivity index is 2.01. The van der Waals surface area contributed by atoms with Gasteiger partial charge in [0.05, 0.1) is 11.6 Å². The summed E-state index contributed by atoms with van der Waals surface area (Å²) in [5, 5.41) is 12.7. The largest absolute Gasteiger partial charge is 0.290 e. The van der Waals surface area contributed by atoms with Gasteiger partial charge >= 0.3 is 0 Å². The molecule has 3 rings (SSSR count). The predicted molar refractivity (Wildman–Crippen MR) is 91.1 cm³/mol. The molecule has 0 unspecified atom stereocenters. The lowest BCUT2D eigenvalue weighted by Gasteiger charge is -2.37. The average Bonchev–Trinajstić information content (AvgIpc) is 3.00. The Hall–Kier alpha value is -1.75. The quantitative estimate of drug-likeness (QED) is 0.872. The normalized spacial score (nSPS) is 19.0. The van der Waals surface area contributed by atoms with E-state index in [1.807, 2.05) is 4.68 Å². The summed E-state index contributed by atoms with van der Waals surface area (Å²) >= 11 is 0. The predicted octanol–water partition coefficient (Wildman–Crippen LogP) is 3.25. The molecule has 1 aliphatic rings. The standard InChI is InChI=1S/C18H27N5/c1-14-10-12-22(13-11-14)16(15-8-6-5-7-9-15)17-19-20-21-23(17)18(2,3)4/h5-9,14,16H,10-13H2,1-4H3/t16-/m0/s1. The number of rotatable bonds is 3. The van der Waals surface area contributed by atoms with Crippen molar-refractivity contribution in [2.45, 2.75) is 52.1 Å². The van der Waals surface area contributed by atoms with E-state index in [4.69, 9.17) is 0 Å². The lowest BCUT2D eigenvalue weighted by Crippen LogP contribution is -2.39. The average molecular weight is 313 g/mol. The van der Waals surface area contributed by atoms with E-state index in [1.54, 1.807) is 0 Å². The first-order valence-corrected chi connectivity index (χ1v) is 8.54. The summed E-state index contributed by atoms with van der Waals surface area (Å²) in [4.78, 5) is 2.53. The number of benzene rings is 1. The summed E-state index contributed by atoms with van der Waals surface area (Å²) in [5.41, 5.74) is 1.14. The molecule has 1 aromatic heterocycles. The number of hydrogen-bond donors (Lipinski definition) is 0. The van der Waals surface area contributed by atoms with Crippen molar-refractivity contribution >= 4 is 0 Å². The summed E-state index contributed by atoms with van der Waals surface area (Å²) < 4.78 is 1.97. The van der Waals surface area contributed by atoms with Crippen molar-refractivity contribution in [3.8, 4) is 0 Å². The second-order valence-corrected chi connectivity index (χ2v) is 7.65. The first-order chi connectivity index (χ1) is 11.0. The Morgan fingerprint density at radius 2 is 1.74 bits per heavy atom. The molecule has 1 fully saturated rings. The van der Waals surface area contributed by atoms with Crippen LogP contribution in [0.2, 0.25) is 0 Å². The van der Waals surface area contributed by atoms with Crippen molar-refractivity contribution in [2.75, 3.05) is 13.1 Å². The number of hydrogen-bond acceptors (Lipinski definition) is 4. The van der Waals surface area contributed by atoms with E-state index in [0.717, 1.165) is 24.8 Å². The van der Waals surface area contributed by atoms with Gasteiger partial charge in [0.25, 0.3) is 0 Å². The first kappa shape index (κ1) is 16.1. The van der Waals surface area contributed by atoms with Crippen molar-refractivity contribution in [3.05, 3.63) is 41.7 Å². The molecule has 0 spiro atoms. The molecular weight excluding hydrogens is 286 g/mol. The fourth-order valence-corrected chi connectivity index (χ4v) is 3.29. The summed E-state index contributed by atoms with van der Waals surface area (Å²) in [7, 11) is 0. The second-order valence-electron chi connectivity index (χ2n) is 7.65. The number of nitrogens with zero attached hydrogens (tertiary/aromatic N) is 5. The number of tetrazole rings is 1. The fourth-order valence-electron chi connectivity index (χ4n) is 3.29. The lowest BCUT2D eigenvalue weighted by atomic mass is 9.95. The van der Waals surface area contributed by atoms with Crippen LogP contribution in [0.5, 0.6) is 0 Å². The molecule has 0 N–H and O–H groups in total. The highest BCUT2D eigenvalue weighted by Crippen LogP contribution is 2.32. The lowest BCUT2D eigenvalue weighted by molar-refractivity contribution is 0.145. The van der Waals surface area contributed by atoms with Gasteiger partial charge in [0, 0.05) is 0 Å². The van der Waals surface area contributed by atoms with Gasteiger partial charge < -0.3 is 0 Å². The van der Waals surface area contributed by atoms with Gasteiger partial charge in [0.15, 0.2) is 5.82 Å². The maximum Gasteiger partial charge on any atom is 0.173 e. The van der Waals surface area contributed by atoms with Crippen LogP contribution < -0.4 is 0 Å². The van der Waals surface area contributed by atoms with Gasteiger partial charge in [-0.2, -0.15) is 0 Å². The third kappa shape index (κ3) is 3.44. The van der Waals surface area contributed by atoms with E-state index in [9.17, 15) is 0 Å². The Morgan fingerprint density at radius 1 is 1.09 bits per heavy atom. The molecular formula is C18H27N5. The van der Waals surface area contributed by atoms with Crippen LogP contribution in [0.15, 0.2) is 30.3 Å². The third-order valence-corrected chi connectivity index (χ3v) is 4.67. The molecule has 1 atom stereocenters. The smallest absolute Gasteiger partial charge is 0.173 e. The molecule has 124 valence electrons. The maximum atomic E-state index is 4.41. The summed E-state index contributed by atoms with van der Waals surface area (Å²) in [6, 6.07) is 10.7. The Morgan fingerprint density at radius 3 is 2.35 bits per heavy atom. The van der Waals surface area contributed by atoms with Gasteiger partial charge in [-0.05, 0) is 68.6 Å². The van der Waals surface area contributed by atoms with Gasteiger partial charge in [-0.3, -0.25) is 4.90 Å². The van der Waals surface area contributed by atoms with Crippen molar-refractivity contribution in [1.29, 1.82) is 0 Å². The minimum atomic E-state index is -0.130. The van der Waals surface area contributed by atoms with Gasteiger partial charge in [-0.25, -0.2) is 4.68 Å². The summed E-state index contributed by atoms with van der Waals surface area (Å²) in [6.07, 6.45) is 2.47. The Kier molecular flexibility index (Phi) is 4.48. The van der Waals surface area contributed by atoms with Crippen LogP contribution in [-0.4, -0.2) is 38.2 Å². The zero-order chi connectivity index (χ0) is 16.4. The molecule has 23 heavy (non-hydrogen) atoms. The van der Waals surface area contributed by atoms with Crippen LogP contribution in [0, 0.1) is 5.92 Å². The van der Waals surface area contributed by atoms with Crippen molar-refractivity contribution in [2.24, 2.45) is 5.92 Å². The fraction of sp³-hybridized carbons (Fsp3) is 0.611. The van der Waals surface area contributed by atoms with Crippen LogP contribution in [0.4, 0.5) is 0 Å². The highest BCUT2D eigenvalue weighted by molar-refractivity contribution is 5.25. The van der Waals surface area contributed by atoms with Gasteiger partial charge in [-0.15, -0.1) is 5.10 Å². The molecule has 1 aromatic carbocycles. The minimum Gasteiger partial charge on any atom is -0.290 e. The zero-order valence-corrected chi connectivity index (χ0v) is 14.6. The summed E-state index contributed by atoms with van der Waals surface area (Å²) in [5.74, 6) is 1.75. The number of piperidine rings is 1. The minimum absolute atomic E-state index is 0.123. The van der Waals surface area contributed by atoms with Crippen molar-refractivity contribution < 1.29 is 0 Å². The Labute approximate surface area is 138 Å². The van der Waals surface area contributed by atoms with E-state index in [2.05, 4.69) is 78.5 Å². The molecule has 5 nitrogen and oxygen atoms in total.